The summed E-state index contributed by atoms with van der Waals surface area (Å²) in [6.07, 6.45) is -4.99. The van der Waals surface area contributed by atoms with Crippen LogP contribution >= 0.6 is 12.4 Å². The van der Waals surface area contributed by atoms with Gasteiger partial charge in [0.1, 0.15) is 11.1 Å². The Labute approximate surface area is 134 Å². The number of urea groups is 1. The van der Waals surface area contributed by atoms with Gasteiger partial charge in [-0.1, -0.05) is 0 Å². The molecule has 3 amide bonds. The van der Waals surface area contributed by atoms with Gasteiger partial charge in [-0.15, -0.1) is 12.4 Å². The van der Waals surface area contributed by atoms with Crippen molar-refractivity contribution >= 4 is 35.7 Å². The molecule has 2 rings (SSSR count). The van der Waals surface area contributed by atoms with Crippen molar-refractivity contribution in [3.05, 3.63) is 33.9 Å². The molecule has 1 aliphatic heterocycles. The van der Waals surface area contributed by atoms with Crippen molar-refractivity contribution in [3.8, 4) is 0 Å². The monoisotopic (exact) mass is 353 g/mol. The highest BCUT2D eigenvalue weighted by Crippen LogP contribution is 2.39. The molecule has 126 valence electrons. The van der Waals surface area contributed by atoms with Crippen LogP contribution in [0.4, 0.5) is 29.3 Å². The first kappa shape index (κ1) is 18.7. The molecule has 1 aromatic rings. The van der Waals surface area contributed by atoms with Crippen molar-refractivity contribution in [2.75, 3.05) is 4.90 Å². The summed E-state index contributed by atoms with van der Waals surface area (Å²) in [5.74, 6) is -0.750. The summed E-state index contributed by atoms with van der Waals surface area (Å²) in [5, 5.41) is 13.0. The van der Waals surface area contributed by atoms with E-state index in [0.29, 0.717) is 17.0 Å². The number of hydrogen-bond donors (Lipinski definition) is 1. The summed E-state index contributed by atoms with van der Waals surface area (Å²) in [6, 6.07) is 1.06. The number of carbonyl (C=O) groups is 2. The second-order valence-corrected chi connectivity index (χ2v) is 5.15. The van der Waals surface area contributed by atoms with Crippen molar-refractivity contribution in [2.24, 2.45) is 0 Å². The molecule has 1 aliphatic rings. The van der Waals surface area contributed by atoms with E-state index in [1.807, 2.05) is 0 Å². The molecule has 0 saturated carbocycles. The molecule has 1 saturated heterocycles. The van der Waals surface area contributed by atoms with Gasteiger partial charge in [0, 0.05) is 6.07 Å². The van der Waals surface area contributed by atoms with E-state index in [0.717, 1.165) is 6.07 Å². The summed E-state index contributed by atoms with van der Waals surface area (Å²) in [7, 11) is 0. The van der Waals surface area contributed by atoms with E-state index >= 15 is 0 Å². The van der Waals surface area contributed by atoms with E-state index in [-0.39, 0.29) is 18.1 Å². The zero-order valence-electron chi connectivity index (χ0n) is 11.8. The van der Waals surface area contributed by atoms with Gasteiger partial charge < -0.3 is 5.32 Å². The second-order valence-electron chi connectivity index (χ2n) is 5.15. The Hall–Kier alpha value is -2.36. The molecule has 11 heteroatoms. The van der Waals surface area contributed by atoms with Crippen molar-refractivity contribution in [2.45, 2.75) is 25.6 Å². The zero-order valence-corrected chi connectivity index (χ0v) is 12.6. The number of nitrogens with zero attached hydrogens (tertiary/aromatic N) is 2. The van der Waals surface area contributed by atoms with Crippen LogP contribution in [0.5, 0.6) is 0 Å². The summed E-state index contributed by atoms with van der Waals surface area (Å²) in [6.45, 7) is 2.78. The summed E-state index contributed by atoms with van der Waals surface area (Å²) in [5.41, 5.74) is -4.33. The van der Waals surface area contributed by atoms with Crippen molar-refractivity contribution < 1.29 is 27.7 Å². The topological polar surface area (TPSA) is 92.6 Å². The lowest BCUT2D eigenvalue weighted by Gasteiger charge is -2.17. The fourth-order valence-corrected chi connectivity index (χ4v) is 2.03. The number of benzene rings is 1. The number of alkyl halides is 3. The minimum absolute atomic E-state index is 0. The zero-order chi connectivity index (χ0) is 16.9. The molecular weight excluding hydrogens is 343 g/mol. The van der Waals surface area contributed by atoms with Gasteiger partial charge in [-0.25, -0.2) is 9.69 Å². The van der Waals surface area contributed by atoms with Crippen LogP contribution in [-0.2, 0) is 11.0 Å². The second kappa shape index (κ2) is 5.69. The van der Waals surface area contributed by atoms with Gasteiger partial charge >= 0.3 is 12.2 Å². The molecule has 1 fully saturated rings. The van der Waals surface area contributed by atoms with E-state index in [1.54, 1.807) is 0 Å². The van der Waals surface area contributed by atoms with Gasteiger partial charge in [-0.3, -0.25) is 14.9 Å². The van der Waals surface area contributed by atoms with E-state index < -0.39 is 39.8 Å². The summed E-state index contributed by atoms with van der Waals surface area (Å²) < 4.78 is 38.7. The smallest absolute Gasteiger partial charge is 0.323 e. The van der Waals surface area contributed by atoms with Gasteiger partial charge in [0.25, 0.3) is 11.6 Å². The molecule has 7 nitrogen and oxygen atoms in total. The maximum atomic E-state index is 12.9. The maximum Gasteiger partial charge on any atom is 0.423 e. The molecule has 1 N–H and O–H groups in total. The number of imide groups is 1. The first-order valence-corrected chi connectivity index (χ1v) is 5.97. The lowest BCUT2D eigenvalue weighted by Crippen LogP contribution is -2.40. The molecule has 0 spiro atoms. The maximum absolute atomic E-state index is 12.9. The number of anilines is 1. The van der Waals surface area contributed by atoms with Gasteiger partial charge in [0.15, 0.2) is 0 Å². The Morgan fingerprint density at radius 3 is 2.22 bits per heavy atom. The molecule has 0 atom stereocenters. The molecule has 0 aromatic heterocycles. The van der Waals surface area contributed by atoms with E-state index in [2.05, 4.69) is 5.32 Å². The lowest BCUT2D eigenvalue weighted by molar-refractivity contribution is -0.388. The normalized spacial score (nSPS) is 16.8. The van der Waals surface area contributed by atoms with Crippen LogP contribution in [0.2, 0.25) is 0 Å². The first-order valence-electron chi connectivity index (χ1n) is 5.97. The summed E-state index contributed by atoms with van der Waals surface area (Å²) in [4.78, 5) is 33.8. The number of nitrogens with one attached hydrogen (secondary N) is 1. The highest BCUT2D eigenvalue weighted by molar-refractivity contribution is 6.23. The average Bonchev–Trinajstić information content (AvgIpc) is 2.56. The third-order valence-electron chi connectivity index (χ3n) is 3.10. The Morgan fingerprint density at radius 2 is 1.83 bits per heavy atom. The third-order valence-corrected chi connectivity index (χ3v) is 3.10. The Kier molecular flexibility index (Phi) is 4.62. The van der Waals surface area contributed by atoms with E-state index in [9.17, 15) is 32.9 Å². The molecule has 0 radical (unpaired) electrons. The van der Waals surface area contributed by atoms with E-state index in [4.69, 9.17) is 0 Å². The Balaban J connectivity index is 0.00000264. The van der Waals surface area contributed by atoms with Crippen LogP contribution in [0.1, 0.15) is 19.4 Å². The molecule has 0 unspecified atom stereocenters. The van der Waals surface area contributed by atoms with Crippen LogP contribution in [-0.4, -0.2) is 22.4 Å². The van der Waals surface area contributed by atoms with Crippen LogP contribution in [0.15, 0.2) is 18.2 Å². The minimum Gasteiger partial charge on any atom is -0.323 e. The van der Waals surface area contributed by atoms with Gasteiger partial charge in [-0.2, -0.15) is 13.2 Å². The number of rotatable bonds is 2. The Morgan fingerprint density at radius 1 is 1.26 bits per heavy atom. The Bertz CT molecular complexity index is 691. The lowest BCUT2D eigenvalue weighted by atomic mass is 10.1. The fourth-order valence-electron chi connectivity index (χ4n) is 2.03. The molecule has 0 bridgehead atoms. The van der Waals surface area contributed by atoms with Crippen LogP contribution in [0, 0.1) is 10.1 Å². The quantitative estimate of drug-likeness (QED) is 0.502. The number of carbonyl (C=O) groups excluding carboxylic acids is 2. The molecule has 1 heterocycles. The molecular formula is C12H11ClF3N3O4. The van der Waals surface area contributed by atoms with Gasteiger partial charge in [0.2, 0.25) is 0 Å². The average molecular weight is 354 g/mol. The first-order chi connectivity index (χ1) is 9.95. The summed E-state index contributed by atoms with van der Waals surface area (Å²) >= 11 is 0. The number of halogens is 4. The SMILES string of the molecule is CC1(C)NC(=O)N(c2ccc([N+](=O)[O-])c(C(F)(F)F)c2)C1=O.Cl. The number of nitro benzene ring substituents is 1. The van der Waals surface area contributed by atoms with Crippen LogP contribution in [0.3, 0.4) is 0 Å². The van der Waals surface area contributed by atoms with Crippen LogP contribution < -0.4 is 10.2 Å². The predicted molar refractivity (Wildman–Crippen MR) is 75.4 cm³/mol. The third kappa shape index (κ3) is 3.21. The highest BCUT2D eigenvalue weighted by Gasteiger charge is 2.46. The number of hydrogen-bond acceptors (Lipinski definition) is 4. The number of nitro groups is 1. The molecule has 0 aliphatic carbocycles. The number of amides is 3. The van der Waals surface area contributed by atoms with Crippen molar-refractivity contribution in [3.63, 3.8) is 0 Å². The van der Waals surface area contributed by atoms with Crippen molar-refractivity contribution in [1.82, 2.24) is 5.32 Å². The van der Waals surface area contributed by atoms with Gasteiger partial charge in [0.05, 0.1) is 10.6 Å². The predicted octanol–water partition coefficient (Wildman–Crippen LogP) is 2.87. The standard InChI is InChI=1S/C12H10F3N3O4.ClH/c1-11(2)9(19)17(10(20)16-11)6-3-4-8(18(21)22)7(5-6)12(13,14)15;/h3-5H,1-2H3,(H,16,20);1H. The molecule has 23 heavy (non-hydrogen) atoms. The molecule has 1 aromatic carbocycles. The fraction of sp³-hybridized carbons (Fsp3) is 0.333. The van der Waals surface area contributed by atoms with E-state index in [1.165, 1.54) is 13.8 Å². The van der Waals surface area contributed by atoms with Gasteiger partial charge in [-0.05, 0) is 26.0 Å². The largest absolute Gasteiger partial charge is 0.423 e. The van der Waals surface area contributed by atoms with Crippen LogP contribution in [0.25, 0.3) is 0 Å². The highest BCUT2D eigenvalue weighted by atomic mass is 35.5. The van der Waals surface area contributed by atoms with Crippen molar-refractivity contribution in [1.29, 1.82) is 0 Å². The minimum atomic E-state index is -4.99.